The summed E-state index contributed by atoms with van der Waals surface area (Å²) in [6, 6.07) is 0. The first-order valence-electron chi connectivity index (χ1n) is 7.49. The fraction of sp³-hybridized carbons (Fsp3) is 0.714. The predicted octanol–water partition coefficient (Wildman–Crippen LogP) is 3.26. The molecule has 0 amide bonds. The summed E-state index contributed by atoms with van der Waals surface area (Å²) < 4.78 is 39.9. The second-order valence-electron chi connectivity index (χ2n) is 5.00. The highest BCUT2D eigenvalue weighted by molar-refractivity contribution is 14.0. The van der Waals surface area contributed by atoms with Crippen LogP contribution in [0.25, 0.3) is 0 Å². The van der Waals surface area contributed by atoms with E-state index in [1.807, 2.05) is 6.92 Å². The molecular formula is C14H25F3IN5S. The van der Waals surface area contributed by atoms with Crippen molar-refractivity contribution in [3.63, 3.8) is 0 Å². The number of nitrogens with zero attached hydrogens (tertiary/aromatic N) is 3. The monoisotopic (exact) mass is 479 g/mol. The van der Waals surface area contributed by atoms with Gasteiger partial charge < -0.3 is 10.6 Å². The minimum absolute atomic E-state index is 0. The zero-order chi connectivity index (χ0) is 17.3. The van der Waals surface area contributed by atoms with Crippen molar-refractivity contribution in [3.8, 4) is 0 Å². The third kappa shape index (κ3) is 8.45. The van der Waals surface area contributed by atoms with Gasteiger partial charge in [0.25, 0.3) is 0 Å². The van der Waals surface area contributed by atoms with Gasteiger partial charge in [-0.2, -0.15) is 30.0 Å². The largest absolute Gasteiger partial charge is 0.435 e. The fourth-order valence-electron chi connectivity index (χ4n) is 1.98. The summed E-state index contributed by atoms with van der Waals surface area (Å²) >= 11 is 1.80. The minimum atomic E-state index is -4.46. The Kier molecular flexibility index (Phi) is 11.5. The third-order valence-electron chi connectivity index (χ3n) is 2.99. The molecule has 0 aromatic carbocycles. The number of aliphatic imine (C=N–C) groups is 1. The third-order valence-corrected chi connectivity index (χ3v) is 3.69. The molecule has 1 heterocycles. The van der Waals surface area contributed by atoms with Crippen molar-refractivity contribution in [1.29, 1.82) is 0 Å². The van der Waals surface area contributed by atoms with E-state index >= 15 is 0 Å². The molecule has 0 radical (unpaired) electrons. The Morgan fingerprint density at radius 1 is 1.33 bits per heavy atom. The van der Waals surface area contributed by atoms with E-state index in [-0.39, 0.29) is 36.1 Å². The number of hydrogen-bond acceptors (Lipinski definition) is 3. The molecule has 0 aliphatic rings. The van der Waals surface area contributed by atoms with Gasteiger partial charge in [-0.1, -0.05) is 0 Å². The lowest BCUT2D eigenvalue weighted by Crippen LogP contribution is -2.37. The smallest absolute Gasteiger partial charge is 0.357 e. The summed E-state index contributed by atoms with van der Waals surface area (Å²) in [7, 11) is 1.47. The Bertz CT molecular complexity index is 505. The summed E-state index contributed by atoms with van der Waals surface area (Å²) in [6.45, 7) is 3.24. The Morgan fingerprint density at radius 2 is 2.04 bits per heavy atom. The molecule has 10 heteroatoms. The lowest BCUT2D eigenvalue weighted by molar-refractivity contribution is -0.142. The number of hydrogen-bond donors (Lipinski definition) is 2. The molecule has 0 saturated heterocycles. The molecule has 5 nitrogen and oxygen atoms in total. The lowest BCUT2D eigenvalue weighted by Gasteiger charge is -2.11. The highest BCUT2D eigenvalue weighted by Gasteiger charge is 2.36. The van der Waals surface area contributed by atoms with Crippen molar-refractivity contribution < 1.29 is 13.2 Å². The molecule has 0 bridgehead atoms. The molecule has 0 aliphatic heterocycles. The van der Waals surface area contributed by atoms with Crippen molar-refractivity contribution in [2.45, 2.75) is 32.5 Å². The van der Waals surface area contributed by atoms with Crippen molar-refractivity contribution in [2.24, 2.45) is 12.0 Å². The molecule has 1 aromatic heterocycles. The average molecular weight is 479 g/mol. The maximum atomic E-state index is 12.9. The van der Waals surface area contributed by atoms with Crippen LogP contribution in [0.15, 0.2) is 11.2 Å². The Balaban J connectivity index is 0.00000529. The van der Waals surface area contributed by atoms with Crippen LogP contribution in [0.4, 0.5) is 13.2 Å². The number of unbranched alkanes of at least 4 members (excludes halogenated alkanes) is 1. The van der Waals surface area contributed by atoms with Crippen LogP contribution in [0.3, 0.4) is 0 Å². The highest BCUT2D eigenvalue weighted by atomic mass is 127. The topological polar surface area (TPSA) is 54.2 Å². The van der Waals surface area contributed by atoms with Crippen LogP contribution >= 0.6 is 35.7 Å². The average Bonchev–Trinajstić information content (AvgIpc) is 2.85. The van der Waals surface area contributed by atoms with Gasteiger partial charge >= 0.3 is 6.18 Å². The van der Waals surface area contributed by atoms with Crippen LogP contribution in [0.2, 0.25) is 0 Å². The van der Waals surface area contributed by atoms with Crippen LogP contribution in [0, 0.1) is 0 Å². The molecular weight excluding hydrogens is 454 g/mol. The molecule has 0 aliphatic carbocycles. The van der Waals surface area contributed by atoms with Crippen LogP contribution in [0.5, 0.6) is 0 Å². The van der Waals surface area contributed by atoms with Gasteiger partial charge in [-0.15, -0.1) is 24.0 Å². The zero-order valence-corrected chi connectivity index (χ0v) is 17.3. The number of halogens is 4. The highest BCUT2D eigenvalue weighted by Crippen LogP contribution is 2.30. The first-order valence-corrected chi connectivity index (χ1v) is 8.88. The lowest BCUT2D eigenvalue weighted by atomic mass is 10.2. The molecule has 0 saturated carbocycles. The Morgan fingerprint density at radius 3 is 2.62 bits per heavy atom. The summed E-state index contributed by atoms with van der Waals surface area (Å²) in [4.78, 5) is 4.22. The van der Waals surface area contributed by atoms with E-state index in [4.69, 9.17) is 0 Å². The molecule has 1 aromatic rings. The molecule has 0 unspecified atom stereocenters. The number of thioether (sulfide) groups is 1. The van der Waals surface area contributed by atoms with E-state index < -0.39 is 11.9 Å². The number of aryl methyl sites for hydroxylation is 1. The van der Waals surface area contributed by atoms with Gasteiger partial charge in [-0.3, -0.25) is 4.68 Å². The van der Waals surface area contributed by atoms with Crippen LogP contribution in [0.1, 0.15) is 31.0 Å². The second kappa shape index (κ2) is 11.8. The second-order valence-corrected chi connectivity index (χ2v) is 5.98. The maximum Gasteiger partial charge on any atom is 0.435 e. The molecule has 24 heavy (non-hydrogen) atoms. The first kappa shape index (κ1) is 23.4. The summed E-state index contributed by atoms with van der Waals surface area (Å²) in [5.74, 6) is 1.62. The molecule has 0 atom stereocenters. The van der Waals surface area contributed by atoms with E-state index in [0.29, 0.717) is 12.5 Å². The molecule has 0 spiro atoms. The summed E-state index contributed by atoms with van der Waals surface area (Å²) in [6.07, 6.45) is 1.04. The van der Waals surface area contributed by atoms with Crippen molar-refractivity contribution in [2.75, 3.05) is 25.1 Å². The normalized spacial score (nSPS) is 12.0. The van der Waals surface area contributed by atoms with E-state index in [1.54, 1.807) is 11.8 Å². The SMILES string of the molecule is CCNC(=NCc1cn(C)nc1C(F)(F)F)NCCCCSC.I. The van der Waals surface area contributed by atoms with Crippen LogP contribution < -0.4 is 10.6 Å². The van der Waals surface area contributed by atoms with Gasteiger partial charge in [-0.25, -0.2) is 4.99 Å². The Labute approximate surface area is 162 Å². The van der Waals surface area contributed by atoms with Crippen molar-refractivity contribution >= 4 is 41.7 Å². The summed E-state index contributed by atoms with van der Waals surface area (Å²) in [5, 5.41) is 9.65. The number of alkyl halides is 3. The molecule has 140 valence electrons. The number of rotatable bonds is 8. The zero-order valence-electron chi connectivity index (χ0n) is 14.1. The predicted molar refractivity (Wildman–Crippen MR) is 104 cm³/mol. The van der Waals surface area contributed by atoms with Crippen molar-refractivity contribution in [1.82, 2.24) is 20.4 Å². The number of nitrogens with one attached hydrogen (secondary N) is 2. The van der Waals surface area contributed by atoms with Crippen LogP contribution in [-0.2, 0) is 19.8 Å². The van der Waals surface area contributed by atoms with E-state index in [1.165, 1.54) is 13.2 Å². The Hall–Kier alpha value is -0.650. The quantitative estimate of drug-likeness (QED) is 0.260. The van der Waals surface area contributed by atoms with E-state index in [2.05, 4.69) is 27.0 Å². The van der Waals surface area contributed by atoms with Crippen molar-refractivity contribution in [3.05, 3.63) is 17.5 Å². The standard InChI is InChI=1S/C14H24F3N5S.HI/c1-4-18-13(19-7-5-6-8-23-3)20-9-11-10-22(2)21-12(11)14(15,16)17;/h10H,4-9H2,1-3H3,(H2,18,19,20);1H. The van der Waals surface area contributed by atoms with Gasteiger partial charge in [0.2, 0.25) is 0 Å². The van der Waals surface area contributed by atoms with E-state index in [0.717, 1.165) is 29.8 Å². The minimum Gasteiger partial charge on any atom is -0.357 e. The van der Waals surface area contributed by atoms with Gasteiger partial charge in [0.1, 0.15) is 0 Å². The molecule has 1 rings (SSSR count). The van der Waals surface area contributed by atoms with Crippen LogP contribution in [-0.4, -0.2) is 40.8 Å². The summed E-state index contributed by atoms with van der Waals surface area (Å²) in [5.41, 5.74) is -0.806. The van der Waals surface area contributed by atoms with Gasteiger partial charge in [0.15, 0.2) is 11.7 Å². The van der Waals surface area contributed by atoms with Gasteiger partial charge in [0, 0.05) is 31.9 Å². The molecule has 2 N–H and O–H groups in total. The fourth-order valence-corrected chi connectivity index (χ4v) is 2.47. The van der Waals surface area contributed by atoms with E-state index in [9.17, 15) is 13.2 Å². The number of guanidine groups is 1. The maximum absolute atomic E-state index is 12.9. The van der Waals surface area contributed by atoms with Gasteiger partial charge in [0.05, 0.1) is 6.54 Å². The van der Waals surface area contributed by atoms with Gasteiger partial charge in [-0.05, 0) is 31.8 Å². The first-order chi connectivity index (χ1) is 10.9. The molecule has 0 fully saturated rings. The number of aromatic nitrogens is 2.